The molecule has 1 unspecified atom stereocenters. The lowest BCUT2D eigenvalue weighted by molar-refractivity contribution is -0.142. The van der Waals surface area contributed by atoms with E-state index in [4.69, 9.17) is 9.47 Å². The molecule has 22 heavy (non-hydrogen) atoms. The van der Waals surface area contributed by atoms with Gasteiger partial charge in [-0.25, -0.2) is 0 Å². The van der Waals surface area contributed by atoms with Crippen molar-refractivity contribution in [1.29, 1.82) is 0 Å². The van der Waals surface area contributed by atoms with Crippen LogP contribution in [0.4, 0.5) is 0 Å². The van der Waals surface area contributed by atoms with Crippen LogP contribution < -0.4 is 9.47 Å². The van der Waals surface area contributed by atoms with E-state index in [1.807, 2.05) is 17.0 Å². The normalized spacial score (nSPS) is 21.3. The Morgan fingerprint density at radius 3 is 2.45 bits per heavy atom. The summed E-state index contributed by atoms with van der Waals surface area (Å²) in [5.41, 5.74) is 2.28. The molecular weight excluding hydrogens is 280 g/mol. The third kappa shape index (κ3) is 2.43. The molecule has 0 aliphatic carbocycles. The summed E-state index contributed by atoms with van der Waals surface area (Å²) >= 11 is 0. The number of carbonyl (C=O) groups is 1. The van der Waals surface area contributed by atoms with E-state index < -0.39 is 0 Å². The molecule has 0 aromatic heterocycles. The summed E-state index contributed by atoms with van der Waals surface area (Å²) in [7, 11) is 3.37. The molecule has 120 valence electrons. The van der Waals surface area contributed by atoms with Gasteiger partial charge in [-0.3, -0.25) is 9.69 Å². The van der Waals surface area contributed by atoms with Crippen molar-refractivity contribution < 1.29 is 14.3 Å². The Kier molecular flexibility index (Phi) is 4.25. The lowest BCUT2D eigenvalue weighted by Crippen LogP contribution is -2.58. The molecule has 2 aliphatic rings. The number of rotatable bonds is 4. The number of amides is 1. The van der Waals surface area contributed by atoms with E-state index in [1.54, 1.807) is 14.2 Å². The summed E-state index contributed by atoms with van der Waals surface area (Å²) in [5.74, 6) is 2.00. The average Bonchev–Trinajstić information content (AvgIpc) is 2.55. The second-order valence-corrected chi connectivity index (χ2v) is 5.94. The summed E-state index contributed by atoms with van der Waals surface area (Å²) in [6.07, 6.45) is 1.71. The SMILES string of the molecule is CCCN1CCN2Cc3c(OC)ccc(OC)c3CC2C1=O. The van der Waals surface area contributed by atoms with Gasteiger partial charge in [-0.1, -0.05) is 6.92 Å². The van der Waals surface area contributed by atoms with Crippen molar-refractivity contribution in [1.82, 2.24) is 9.80 Å². The van der Waals surface area contributed by atoms with Gasteiger partial charge in [0.25, 0.3) is 0 Å². The summed E-state index contributed by atoms with van der Waals surface area (Å²) < 4.78 is 11.0. The topological polar surface area (TPSA) is 42.0 Å². The van der Waals surface area contributed by atoms with E-state index in [-0.39, 0.29) is 11.9 Å². The molecule has 5 nitrogen and oxygen atoms in total. The highest BCUT2D eigenvalue weighted by molar-refractivity contribution is 5.83. The Balaban J connectivity index is 1.94. The minimum absolute atomic E-state index is 0.0613. The number of piperazine rings is 1. The molecule has 1 fully saturated rings. The highest BCUT2D eigenvalue weighted by Crippen LogP contribution is 2.37. The number of fused-ring (bicyclic) bond motifs is 2. The van der Waals surface area contributed by atoms with Crippen LogP contribution in [0.2, 0.25) is 0 Å². The van der Waals surface area contributed by atoms with Crippen molar-refractivity contribution in [2.75, 3.05) is 33.9 Å². The molecule has 2 aliphatic heterocycles. The Morgan fingerprint density at radius 1 is 1.14 bits per heavy atom. The maximum Gasteiger partial charge on any atom is 0.240 e. The van der Waals surface area contributed by atoms with Gasteiger partial charge in [-0.2, -0.15) is 0 Å². The van der Waals surface area contributed by atoms with Crippen molar-refractivity contribution >= 4 is 5.91 Å². The number of benzene rings is 1. The summed E-state index contributed by atoms with van der Waals surface area (Å²) in [6, 6.07) is 3.83. The molecule has 0 spiro atoms. The molecule has 1 atom stereocenters. The monoisotopic (exact) mass is 304 g/mol. The van der Waals surface area contributed by atoms with Gasteiger partial charge in [0.15, 0.2) is 0 Å². The first-order chi connectivity index (χ1) is 10.7. The first-order valence-corrected chi connectivity index (χ1v) is 7.95. The third-order valence-corrected chi connectivity index (χ3v) is 4.73. The highest BCUT2D eigenvalue weighted by atomic mass is 16.5. The Hall–Kier alpha value is -1.75. The van der Waals surface area contributed by atoms with E-state index in [9.17, 15) is 4.79 Å². The molecule has 2 heterocycles. The van der Waals surface area contributed by atoms with Crippen LogP contribution in [0, 0.1) is 0 Å². The van der Waals surface area contributed by atoms with Gasteiger partial charge in [0.2, 0.25) is 5.91 Å². The standard InChI is InChI=1S/C17H24N2O3/c1-4-7-18-8-9-19-11-13-12(10-14(19)17(18)20)15(21-2)5-6-16(13)22-3/h5-6,14H,4,7-11H2,1-3H3. The second-order valence-electron chi connectivity index (χ2n) is 5.94. The minimum atomic E-state index is -0.0613. The first kappa shape index (κ1) is 15.2. The van der Waals surface area contributed by atoms with E-state index >= 15 is 0 Å². The summed E-state index contributed by atoms with van der Waals surface area (Å²) in [4.78, 5) is 17.0. The summed E-state index contributed by atoms with van der Waals surface area (Å²) in [6.45, 7) is 5.47. The van der Waals surface area contributed by atoms with Crippen LogP contribution in [0.5, 0.6) is 11.5 Å². The van der Waals surface area contributed by atoms with E-state index in [1.165, 1.54) is 0 Å². The average molecular weight is 304 g/mol. The van der Waals surface area contributed by atoms with Crippen LogP contribution in [-0.4, -0.2) is 55.6 Å². The van der Waals surface area contributed by atoms with Crippen LogP contribution in [0.25, 0.3) is 0 Å². The van der Waals surface area contributed by atoms with Gasteiger partial charge in [-0.05, 0) is 18.6 Å². The largest absolute Gasteiger partial charge is 0.496 e. The maximum atomic E-state index is 12.7. The zero-order chi connectivity index (χ0) is 15.7. The van der Waals surface area contributed by atoms with E-state index in [0.717, 1.165) is 55.2 Å². The van der Waals surface area contributed by atoms with Gasteiger partial charge >= 0.3 is 0 Å². The number of methoxy groups -OCH3 is 2. The van der Waals surface area contributed by atoms with Crippen molar-refractivity contribution in [2.24, 2.45) is 0 Å². The number of ether oxygens (including phenoxy) is 2. The number of carbonyl (C=O) groups excluding carboxylic acids is 1. The number of hydrogen-bond acceptors (Lipinski definition) is 4. The molecule has 5 heteroatoms. The molecular formula is C17H24N2O3. The van der Waals surface area contributed by atoms with Crippen LogP contribution in [0.15, 0.2) is 12.1 Å². The maximum absolute atomic E-state index is 12.7. The Labute approximate surface area is 131 Å². The predicted octanol–water partition coefficient (Wildman–Crippen LogP) is 1.68. The van der Waals surface area contributed by atoms with Gasteiger partial charge in [0, 0.05) is 43.7 Å². The van der Waals surface area contributed by atoms with Gasteiger partial charge < -0.3 is 14.4 Å². The van der Waals surface area contributed by atoms with Gasteiger partial charge in [0.05, 0.1) is 20.3 Å². The molecule has 1 aromatic carbocycles. The fourth-order valence-electron chi connectivity index (χ4n) is 3.61. The molecule has 1 saturated heterocycles. The molecule has 1 amide bonds. The van der Waals surface area contributed by atoms with Crippen molar-refractivity contribution in [3.63, 3.8) is 0 Å². The van der Waals surface area contributed by atoms with Crippen molar-refractivity contribution in [3.05, 3.63) is 23.3 Å². The molecule has 0 N–H and O–H groups in total. The van der Waals surface area contributed by atoms with Crippen molar-refractivity contribution in [3.8, 4) is 11.5 Å². The smallest absolute Gasteiger partial charge is 0.240 e. The Bertz CT molecular complexity index is 573. The van der Waals surface area contributed by atoms with E-state index in [2.05, 4.69) is 11.8 Å². The molecule has 1 aromatic rings. The highest BCUT2D eigenvalue weighted by Gasteiger charge is 2.39. The lowest BCUT2D eigenvalue weighted by Gasteiger charge is -2.44. The van der Waals surface area contributed by atoms with E-state index in [0.29, 0.717) is 6.42 Å². The number of hydrogen-bond donors (Lipinski definition) is 0. The molecule has 0 radical (unpaired) electrons. The third-order valence-electron chi connectivity index (χ3n) is 4.73. The molecule has 0 bridgehead atoms. The number of nitrogens with zero attached hydrogens (tertiary/aromatic N) is 2. The zero-order valence-electron chi connectivity index (χ0n) is 13.6. The predicted molar refractivity (Wildman–Crippen MR) is 84.3 cm³/mol. The fraction of sp³-hybridized carbons (Fsp3) is 0.588. The quantitative estimate of drug-likeness (QED) is 0.849. The van der Waals surface area contributed by atoms with Crippen LogP contribution in [0.1, 0.15) is 24.5 Å². The Morgan fingerprint density at radius 2 is 1.82 bits per heavy atom. The van der Waals surface area contributed by atoms with Crippen LogP contribution >= 0.6 is 0 Å². The van der Waals surface area contributed by atoms with Gasteiger partial charge in [0.1, 0.15) is 11.5 Å². The minimum Gasteiger partial charge on any atom is -0.496 e. The molecule has 3 rings (SSSR count). The zero-order valence-corrected chi connectivity index (χ0v) is 13.6. The fourth-order valence-corrected chi connectivity index (χ4v) is 3.61. The second kappa shape index (κ2) is 6.16. The van der Waals surface area contributed by atoms with Crippen molar-refractivity contribution in [2.45, 2.75) is 32.4 Å². The van der Waals surface area contributed by atoms with Gasteiger partial charge in [-0.15, -0.1) is 0 Å². The van der Waals surface area contributed by atoms with Crippen LogP contribution in [-0.2, 0) is 17.8 Å². The summed E-state index contributed by atoms with van der Waals surface area (Å²) in [5, 5.41) is 0. The molecule has 0 saturated carbocycles. The lowest BCUT2D eigenvalue weighted by atomic mass is 9.90. The first-order valence-electron chi connectivity index (χ1n) is 7.95. The van der Waals surface area contributed by atoms with Crippen LogP contribution in [0.3, 0.4) is 0 Å².